The Bertz CT molecular complexity index is 480. The molecule has 1 aromatic carbocycles. The van der Waals surface area contributed by atoms with E-state index in [1.54, 1.807) is 0 Å². The van der Waals surface area contributed by atoms with Gasteiger partial charge in [0, 0.05) is 58.9 Å². The van der Waals surface area contributed by atoms with Crippen LogP contribution in [-0.4, -0.2) is 91.5 Å². The standard InChI is InChI=1S/C19H31N3O2/c1-17-2-4-18(5-3-17)14-20-6-8-21(9-7-20)15-19(23)16-22-10-12-24-13-11-22/h2-5,19,23H,6-16H2,1H3. The largest absolute Gasteiger partial charge is 0.390 e. The van der Waals surface area contributed by atoms with E-state index in [0.29, 0.717) is 0 Å². The van der Waals surface area contributed by atoms with Crippen molar-refractivity contribution in [1.29, 1.82) is 0 Å². The minimum absolute atomic E-state index is 0.258. The van der Waals surface area contributed by atoms with Gasteiger partial charge in [0.15, 0.2) is 0 Å². The van der Waals surface area contributed by atoms with Crippen LogP contribution >= 0.6 is 0 Å². The van der Waals surface area contributed by atoms with Gasteiger partial charge in [-0.3, -0.25) is 14.7 Å². The number of aliphatic hydroxyl groups excluding tert-OH is 1. The molecule has 0 aliphatic carbocycles. The molecular weight excluding hydrogens is 302 g/mol. The summed E-state index contributed by atoms with van der Waals surface area (Å²) in [4.78, 5) is 7.22. The van der Waals surface area contributed by atoms with Crippen LogP contribution in [0.5, 0.6) is 0 Å². The van der Waals surface area contributed by atoms with E-state index in [2.05, 4.69) is 45.9 Å². The fraction of sp³-hybridized carbons (Fsp3) is 0.684. The maximum Gasteiger partial charge on any atom is 0.0793 e. The van der Waals surface area contributed by atoms with Gasteiger partial charge in [0.25, 0.3) is 0 Å². The maximum atomic E-state index is 10.3. The molecule has 1 unspecified atom stereocenters. The van der Waals surface area contributed by atoms with Gasteiger partial charge in [-0.1, -0.05) is 29.8 Å². The lowest BCUT2D eigenvalue weighted by Crippen LogP contribution is -2.50. The first-order valence-corrected chi connectivity index (χ1v) is 9.17. The van der Waals surface area contributed by atoms with E-state index in [9.17, 15) is 5.11 Å². The number of piperazine rings is 1. The van der Waals surface area contributed by atoms with Crippen molar-refractivity contribution in [2.45, 2.75) is 19.6 Å². The zero-order chi connectivity index (χ0) is 16.8. The van der Waals surface area contributed by atoms with Crippen LogP contribution in [0.2, 0.25) is 0 Å². The van der Waals surface area contributed by atoms with Crippen LogP contribution in [0.4, 0.5) is 0 Å². The third kappa shape index (κ3) is 5.53. The molecule has 5 heteroatoms. The van der Waals surface area contributed by atoms with Crippen molar-refractivity contribution < 1.29 is 9.84 Å². The summed E-state index contributed by atoms with van der Waals surface area (Å²) in [5, 5.41) is 10.3. The Balaban J connectivity index is 1.36. The number of aliphatic hydroxyl groups is 1. The monoisotopic (exact) mass is 333 g/mol. The Labute approximate surface area is 145 Å². The fourth-order valence-electron chi connectivity index (χ4n) is 3.52. The van der Waals surface area contributed by atoms with Crippen LogP contribution in [-0.2, 0) is 11.3 Å². The number of benzene rings is 1. The third-order valence-corrected chi connectivity index (χ3v) is 5.03. The summed E-state index contributed by atoms with van der Waals surface area (Å²) in [5.74, 6) is 0. The summed E-state index contributed by atoms with van der Waals surface area (Å²) >= 11 is 0. The molecular formula is C19H31N3O2. The molecule has 0 aromatic heterocycles. The van der Waals surface area contributed by atoms with Gasteiger partial charge in [-0.05, 0) is 12.5 Å². The maximum absolute atomic E-state index is 10.3. The van der Waals surface area contributed by atoms with Crippen LogP contribution in [0.3, 0.4) is 0 Å². The van der Waals surface area contributed by atoms with Crippen molar-refractivity contribution in [3.05, 3.63) is 35.4 Å². The Morgan fingerprint density at radius 1 is 0.875 bits per heavy atom. The van der Waals surface area contributed by atoms with Gasteiger partial charge in [0.1, 0.15) is 0 Å². The summed E-state index contributed by atoms with van der Waals surface area (Å²) in [6, 6.07) is 8.84. The van der Waals surface area contributed by atoms with E-state index >= 15 is 0 Å². The molecule has 2 aliphatic heterocycles. The minimum atomic E-state index is -0.258. The third-order valence-electron chi connectivity index (χ3n) is 5.03. The summed E-state index contributed by atoms with van der Waals surface area (Å²) in [5.41, 5.74) is 2.71. The molecule has 0 amide bonds. The summed E-state index contributed by atoms with van der Waals surface area (Å²) < 4.78 is 5.36. The number of rotatable bonds is 6. The van der Waals surface area contributed by atoms with Crippen LogP contribution in [0, 0.1) is 6.92 Å². The number of ether oxygens (including phenoxy) is 1. The van der Waals surface area contributed by atoms with Gasteiger partial charge in [0.05, 0.1) is 19.3 Å². The van der Waals surface area contributed by atoms with Crippen LogP contribution in [0.1, 0.15) is 11.1 Å². The Hall–Kier alpha value is -0.980. The smallest absolute Gasteiger partial charge is 0.0793 e. The number of hydrogen-bond acceptors (Lipinski definition) is 5. The van der Waals surface area contributed by atoms with Crippen molar-refractivity contribution in [2.75, 3.05) is 65.6 Å². The lowest BCUT2D eigenvalue weighted by molar-refractivity contribution is 0.00218. The number of morpholine rings is 1. The lowest BCUT2D eigenvalue weighted by Gasteiger charge is -2.36. The Morgan fingerprint density at radius 3 is 2.04 bits per heavy atom. The molecule has 3 rings (SSSR count). The highest BCUT2D eigenvalue weighted by Crippen LogP contribution is 2.10. The van der Waals surface area contributed by atoms with Gasteiger partial charge in [-0.2, -0.15) is 0 Å². The van der Waals surface area contributed by atoms with Gasteiger partial charge >= 0.3 is 0 Å². The van der Waals surface area contributed by atoms with Crippen molar-refractivity contribution >= 4 is 0 Å². The second-order valence-corrected chi connectivity index (χ2v) is 7.13. The van der Waals surface area contributed by atoms with E-state index < -0.39 is 0 Å². The second kappa shape index (κ2) is 8.92. The molecule has 1 atom stereocenters. The van der Waals surface area contributed by atoms with Crippen molar-refractivity contribution in [1.82, 2.24) is 14.7 Å². The predicted molar refractivity (Wildman–Crippen MR) is 96.2 cm³/mol. The van der Waals surface area contributed by atoms with Crippen LogP contribution in [0.25, 0.3) is 0 Å². The lowest BCUT2D eigenvalue weighted by atomic mass is 10.1. The Kier molecular flexibility index (Phi) is 6.63. The highest BCUT2D eigenvalue weighted by Gasteiger charge is 2.21. The van der Waals surface area contributed by atoms with E-state index in [1.165, 1.54) is 11.1 Å². The topological polar surface area (TPSA) is 39.2 Å². The van der Waals surface area contributed by atoms with Crippen molar-refractivity contribution in [3.63, 3.8) is 0 Å². The first-order chi connectivity index (χ1) is 11.7. The number of nitrogens with zero attached hydrogens (tertiary/aromatic N) is 3. The van der Waals surface area contributed by atoms with Gasteiger partial charge in [-0.25, -0.2) is 0 Å². The van der Waals surface area contributed by atoms with Crippen LogP contribution in [0.15, 0.2) is 24.3 Å². The molecule has 0 radical (unpaired) electrons. The molecule has 0 saturated carbocycles. The Morgan fingerprint density at radius 2 is 1.42 bits per heavy atom. The number of β-amino-alcohol motifs (C(OH)–C–C–N with tert-alkyl or cyclic N) is 1. The molecule has 1 aromatic rings. The number of aryl methyl sites for hydroxylation is 1. The van der Waals surface area contributed by atoms with E-state index in [-0.39, 0.29) is 6.10 Å². The average Bonchev–Trinajstić information content (AvgIpc) is 2.59. The molecule has 2 aliphatic rings. The van der Waals surface area contributed by atoms with E-state index in [1.807, 2.05) is 0 Å². The summed E-state index contributed by atoms with van der Waals surface area (Å²) in [7, 11) is 0. The number of hydrogen-bond donors (Lipinski definition) is 1. The van der Waals surface area contributed by atoms with Gasteiger partial charge in [0.2, 0.25) is 0 Å². The molecule has 5 nitrogen and oxygen atoms in total. The molecule has 2 heterocycles. The highest BCUT2D eigenvalue weighted by atomic mass is 16.5. The van der Waals surface area contributed by atoms with Crippen LogP contribution < -0.4 is 0 Å². The molecule has 134 valence electrons. The fourth-order valence-corrected chi connectivity index (χ4v) is 3.52. The van der Waals surface area contributed by atoms with E-state index in [0.717, 1.165) is 72.1 Å². The van der Waals surface area contributed by atoms with Crippen molar-refractivity contribution in [3.8, 4) is 0 Å². The second-order valence-electron chi connectivity index (χ2n) is 7.13. The molecule has 0 spiro atoms. The highest BCUT2D eigenvalue weighted by molar-refractivity contribution is 5.21. The summed E-state index contributed by atoms with van der Waals surface area (Å²) in [6.07, 6.45) is -0.258. The zero-order valence-electron chi connectivity index (χ0n) is 14.9. The normalized spacial score (nSPS) is 22.6. The molecule has 2 fully saturated rings. The molecule has 0 bridgehead atoms. The first-order valence-electron chi connectivity index (χ1n) is 9.17. The first kappa shape index (κ1) is 17.8. The van der Waals surface area contributed by atoms with E-state index in [4.69, 9.17) is 4.74 Å². The molecule has 2 saturated heterocycles. The SMILES string of the molecule is Cc1ccc(CN2CCN(CC(O)CN3CCOCC3)CC2)cc1. The molecule has 1 N–H and O–H groups in total. The molecule has 24 heavy (non-hydrogen) atoms. The average molecular weight is 333 g/mol. The van der Waals surface area contributed by atoms with Gasteiger partial charge < -0.3 is 9.84 Å². The zero-order valence-corrected chi connectivity index (χ0v) is 14.9. The predicted octanol–water partition coefficient (Wildman–Crippen LogP) is 0.806. The van der Waals surface area contributed by atoms with Gasteiger partial charge in [-0.15, -0.1) is 0 Å². The van der Waals surface area contributed by atoms with Crippen molar-refractivity contribution in [2.24, 2.45) is 0 Å². The quantitative estimate of drug-likeness (QED) is 0.834. The minimum Gasteiger partial charge on any atom is -0.390 e. The summed E-state index contributed by atoms with van der Waals surface area (Å²) in [6.45, 7) is 12.5.